The van der Waals surface area contributed by atoms with Crippen LogP contribution in [0.3, 0.4) is 0 Å². The van der Waals surface area contributed by atoms with Crippen LogP contribution in [0.25, 0.3) is 0 Å². The van der Waals surface area contributed by atoms with Gasteiger partial charge < -0.3 is 5.32 Å². The first-order valence-corrected chi connectivity index (χ1v) is 3.66. The van der Waals surface area contributed by atoms with Gasteiger partial charge in [0.1, 0.15) is 0 Å². The van der Waals surface area contributed by atoms with Crippen LogP contribution in [-0.2, 0) is 4.79 Å². The molecule has 2 heteroatoms. The van der Waals surface area contributed by atoms with Gasteiger partial charge in [-0.05, 0) is 18.3 Å². The fourth-order valence-electron chi connectivity index (χ4n) is 1.29. The molecule has 1 rings (SSSR count). The number of hydrogen-bond donors (Lipinski definition) is 1. The zero-order valence-corrected chi connectivity index (χ0v) is 6.82. The van der Waals surface area contributed by atoms with E-state index in [1.807, 2.05) is 0 Å². The van der Waals surface area contributed by atoms with Gasteiger partial charge in [-0.3, -0.25) is 4.79 Å². The summed E-state index contributed by atoms with van der Waals surface area (Å²) < 4.78 is 0. The highest BCUT2D eigenvalue weighted by Crippen LogP contribution is 2.49. The summed E-state index contributed by atoms with van der Waals surface area (Å²) in [4.78, 5) is 10.1. The highest BCUT2D eigenvalue weighted by Gasteiger charge is 2.51. The van der Waals surface area contributed by atoms with Gasteiger partial charge in [0.2, 0.25) is 0 Å². The fraction of sp³-hybridized carbons (Fsp3) is 0.875. The average molecular weight is 140 g/mol. The monoisotopic (exact) mass is 140 g/mol. The zero-order valence-electron chi connectivity index (χ0n) is 6.82. The Morgan fingerprint density at radius 1 is 1.40 bits per heavy atom. The van der Waals surface area contributed by atoms with Gasteiger partial charge >= 0.3 is 6.41 Å². The summed E-state index contributed by atoms with van der Waals surface area (Å²) in [7, 11) is 0. The Morgan fingerprint density at radius 2 is 1.90 bits per heavy atom. The van der Waals surface area contributed by atoms with E-state index in [1.165, 1.54) is 0 Å². The Morgan fingerprint density at radius 3 is 2.00 bits per heavy atom. The minimum atomic E-state index is 0.0642. The lowest BCUT2D eigenvalue weighted by molar-refractivity contribution is 0.272. The lowest BCUT2D eigenvalue weighted by Gasteiger charge is -2.29. The third-order valence-corrected chi connectivity index (χ3v) is 2.48. The SMILES string of the molecule is CC(C)(C)C1(N[C]=O)CC1. The number of rotatable bonds is 2. The van der Waals surface area contributed by atoms with Crippen LogP contribution in [0.2, 0.25) is 0 Å². The van der Waals surface area contributed by atoms with Crippen LogP contribution in [0.15, 0.2) is 0 Å². The highest BCUT2D eigenvalue weighted by molar-refractivity contribution is 5.50. The quantitative estimate of drug-likeness (QED) is 0.574. The van der Waals surface area contributed by atoms with E-state index >= 15 is 0 Å². The standard InChI is InChI=1S/C8H14NO/c1-7(2,3)8(4-5-8)9-6-10/h4-5H2,1-3H3,(H,9,10). The largest absolute Gasteiger partial charge is 0.342 e. The molecule has 0 spiro atoms. The van der Waals surface area contributed by atoms with Crippen molar-refractivity contribution in [3.8, 4) is 0 Å². The lowest BCUT2D eigenvalue weighted by atomic mass is 9.84. The Labute approximate surface area is 62.0 Å². The lowest BCUT2D eigenvalue weighted by Crippen LogP contribution is -2.41. The Kier molecular flexibility index (Phi) is 1.50. The van der Waals surface area contributed by atoms with E-state index in [0.29, 0.717) is 0 Å². The molecule has 0 bridgehead atoms. The van der Waals surface area contributed by atoms with Crippen molar-refractivity contribution in [1.29, 1.82) is 0 Å². The zero-order chi connectivity index (χ0) is 7.83. The molecule has 1 aliphatic rings. The third-order valence-electron chi connectivity index (χ3n) is 2.48. The van der Waals surface area contributed by atoms with Gasteiger partial charge in [-0.15, -0.1) is 0 Å². The minimum Gasteiger partial charge on any atom is -0.342 e. The normalized spacial score (nSPS) is 21.9. The molecule has 0 aromatic heterocycles. The van der Waals surface area contributed by atoms with Crippen LogP contribution in [0.5, 0.6) is 0 Å². The summed E-state index contributed by atoms with van der Waals surface area (Å²) in [5, 5.41) is 2.77. The van der Waals surface area contributed by atoms with Crippen molar-refractivity contribution in [2.75, 3.05) is 0 Å². The average Bonchev–Trinajstić information content (AvgIpc) is 2.45. The molecule has 10 heavy (non-hydrogen) atoms. The van der Waals surface area contributed by atoms with E-state index in [-0.39, 0.29) is 11.0 Å². The molecule has 1 N–H and O–H groups in total. The summed E-state index contributed by atoms with van der Waals surface area (Å²) in [5.41, 5.74) is 0.249. The van der Waals surface area contributed by atoms with E-state index in [1.54, 1.807) is 6.41 Å². The minimum absolute atomic E-state index is 0.0642. The maximum Gasteiger partial charge on any atom is 0.309 e. The second-order valence-electron chi connectivity index (χ2n) is 4.06. The summed E-state index contributed by atoms with van der Waals surface area (Å²) in [6.45, 7) is 6.43. The smallest absolute Gasteiger partial charge is 0.309 e. The Bertz CT molecular complexity index is 142. The first kappa shape index (κ1) is 7.58. The van der Waals surface area contributed by atoms with Crippen molar-refractivity contribution in [3.63, 3.8) is 0 Å². The van der Waals surface area contributed by atoms with Crippen molar-refractivity contribution in [3.05, 3.63) is 0 Å². The molecule has 1 aliphatic carbocycles. The summed E-state index contributed by atoms with van der Waals surface area (Å²) in [5.74, 6) is 0. The second kappa shape index (κ2) is 1.97. The van der Waals surface area contributed by atoms with Gasteiger partial charge in [-0.1, -0.05) is 20.8 Å². The summed E-state index contributed by atoms with van der Waals surface area (Å²) >= 11 is 0. The van der Waals surface area contributed by atoms with Crippen molar-refractivity contribution < 1.29 is 4.79 Å². The van der Waals surface area contributed by atoms with Crippen molar-refractivity contribution in [2.24, 2.45) is 5.41 Å². The highest BCUT2D eigenvalue weighted by atomic mass is 16.1. The molecule has 0 unspecified atom stereocenters. The molecule has 0 heterocycles. The number of nitrogens with one attached hydrogen (secondary N) is 1. The first-order valence-electron chi connectivity index (χ1n) is 3.66. The van der Waals surface area contributed by atoms with Gasteiger partial charge in [0.25, 0.3) is 0 Å². The van der Waals surface area contributed by atoms with Crippen LogP contribution >= 0.6 is 0 Å². The van der Waals surface area contributed by atoms with Gasteiger partial charge in [0.15, 0.2) is 0 Å². The third kappa shape index (κ3) is 1.02. The molecule has 0 aromatic carbocycles. The summed E-state index contributed by atoms with van der Waals surface area (Å²) in [6, 6.07) is 0. The Balaban J connectivity index is 2.60. The van der Waals surface area contributed by atoms with Crippen LogP contribution in [0.4, 0.5) is 0 Å². The maximum atomic E-state index is 10.1. The molecular formula is C8H14NO. The Hall–Kier alpha value is -0.530. The molecule has 1 saturated carbocycles. The molecule has 57 valence electrons. The molecule has 0 aromatic rings. The second-order valence-corrected chi connectivity index (χ2v) is 4.06. The topological polar surface area (TPSA) is 29.1 Å². The molecule has 0 saturated heterocycles. The summed E-state index contributed by atoms with van der Waals surface area (Å²) in [6.07, 6.45) is 3.98. The van der Waals surface area contributed by atoms with Crippen LogP contribution < -0.4 is 5.32 Å². The van der Waals surface area contributed by atoms with E-state index in [4.69, 9.17) is 0 Å². The van der Waals surface area contributed by atoms with Gasteiger partial charge in [0.05, 0.1) is 0 Å². The van der Waals surface area contributed by atoms with E-state index < -0.39 is 0 Å². The predicted octanol–water partition coefficient (Wildman–Crippen LogP) is 1.22. The molecular weight excluding hydrogens is 126 g/mol. The van der Waals surface area contributed by atoms with E-state index in [9.17, 15) is 4.79 Å². The van der Waals surface area contributed by atoms with Gasteiger partial charge in [-0.2, -0.15) is 0 Å². The maximum absolute atomic E-state index is 10.1. The van der Waals surface area contributed by atoms with Crippen LogP contribution in [0, 0.1) is 5.41 Å². The fourth-order valence-corrected chi connectivity index (χ4v) is 1.29. The number of hydrogen-bond acceptors (Lipinski definition) is 1. The predicted molar refractivity (Wildman–Crippen MR) is 40.2 cm³/mol. The first-order chi connectivity index (χ1) is 4.52. The number of amides is 1. The van der Waals surface area contributed by atoms with E-state index in [2.05, 4.69) is 26.1 Å². The molecule has 0 aliphatic heterocycles. The van der Waals surface area contributed by atoms with Crippen molar-refractivity contribution in [2.45, 2.75) is 39.2 Å². The molecule has 1 amide bonds. The molecule has 0 atom stereocenters. The van der Waals surface area contributed by atoms with Gasteiger partial charge in [0, 0.05) is 5.54 Å². The molecule has 2 nitrogen and oxygen atoms in total. The van der Waals surface area contributed by atoms with Crippen LogP contribution in [-0.4, -0.2) is 11.9 Å². The van der Waals surface area contributed by atoms with E-state index in [0.717, 1.165) is 12.8 Å². The van der Waals surface area contributed by atoms with Gasteiger partial charge in [-0.25, -0.2) is 0 Å². The van der Waals surface area contributed by atoms with Crippen molar-refractivity contribution in [1.82, 2.24) is 5.32 Å². The van der Waals surface area contributed by atoms with Crippen LogP contribution in [0.1, 0.15) is 33.6 Å². The number of carbonyl (C=O) groups excluding carboxylic acids is 1. The molecule has 1 radical (unpaired) electrons. The van der Waals surface area contributed by atoms with Crippen molar-refractivity contribution >= 4 is 6.41 Å². The molecule has 1 fully saturated rings.